The molecule has 3 rings (SSSR count). The fourth-order valence-corrected chi connectivity index (χ4v) is 4.50. The van der Waals surface area contributed by atoms with Crippen LogP contribution in [0, 0.1) is 0 Å². The van der Waals surface area contributed by atoms with Crippen molar-refractivity contribution in [3.8, 4) is 5.75 Å². The van der Waals surface area contributed by atoms with E-state index < -0.39 is 10.0 Å². The van der Waals surface area contributed by atoms with Gasteiger partial charge in [-0.05, 0) is 61.7 Å². The van der Waals surface area contributed by atoms with Gasteiger partial charge in [0.1, 0.15) is 5.75 Å². The molecule has 0 aliphatic carbocycles. The van der Waals surface area contributed by atoms with E-state index in [1.54, 1.807) is 12.1 Å². The molecule has 0 bridgehead atoms. The van der Waals surface area contributed by atoms with Gasteiger partial charge < -0.3 is 9.64 Å². The Balaban J connectivity index is 1.75. The molecule has 1 heterocycles. The molecule has 1 saturated heterocycles. The summed E-state index contributed by atoms with van der Waals surface area (Å²) in [5, 5.41) is 0. The molecule has 1 unspecified atom stereocenters. The number of amides is 1. The highest BCUT2D eigenvalue weighted by atomic mass is 32.2. The topological polar surface area (TPSA) is 75.7 Å². The highest BCUT2D eigenvalue weighted by Crippen LogP contribution is 2.34. The average Bonchev–Trinajstić information content (AvgIpc) is 3.22. The Bertz CT molecular complexity index is 953. The summed E-state index contributed by atoms with van der Waals surface area (Å²) >= 11 is 0. The summed E-state index contributed by atoms with van der Waals surface area (Å²) in [6, 6.07) is 13.9. The van der Waals surface area contributed by atoms with E-state index in [0.717, 1.165) is 24.2 Å². The number of nitrogens with one attached hydrogen (secondary N) is 1. The van der Waals surface area contributed by atoms with Gasteiger partial charge in [-0.25, -0.2) is 13.1 Å². The fraction of sp³-hybridized carbons (Fsp3) is 0.318. The molecular weight excluding hydrogens is 388 g/mol. The van der Waals surface area contributed by atoms with E-state index >= 15 is 0 Å². The molecule has 154 valence electrons. The second kappa shape index (κ2) is 9.24. The van der Waals surface area contributed by atoms with Crippen molar-refractivity contribution < 1.29 is 17.9 Å². The van der Waals surface area contributed by atoms with Gasteiger partial charge in [-0.2, -0.15) is 0 Å². The summed E-state index contributed by atoms with van der Waals surface area (Å²) in [5.74, 6) is 0.721. The summed E-state index contributed by atoms with van der Waals surface area (Å²) in [4.78, 5) is 15.0. The monoisotopic (exact) mass is 414 g/mol. The summed E-state index contributed by atoms with van der Waals surface area (Å²) < 4.78 is 32.3. The number of likely N-dealkylation sites (tertiary alicyclic amines) is 1. The lowest BCUT2D eigenvalue weighted by molar-refractivity contribution is 0.0735. The smallest absolute Gasteiger partial charge is 0.254 e. The Morgan fingerprint density at radius 2 is 1.90 bits per heavy atom. The van der Waals surface area contributed by atoms with Crippen LogP contribution in [0.3, 0.4) is 0 Å². The van der Waals surface area contributed by atoms with Crippen molar-refractivity contribution in [2.45, 2.75) is 30.7 Å². The summed E-state index contributed by atoms with van der Waals surface area (Å²) in [6.07, 6.45) is 3.31. The van der Waals surface area contributed by atoms with Crippen LogP contribution in [0.5, 0.6) is 5.75 Å². The maximum Gasteiger partial charge on any atom is 0.254 e. The van der Waals surface area contributed by atoms with Crippen molar-refractivity contribution >= 4 is 15.9 Å². The van der Waals surface area contributed by atoms with Crippen LogP contribution in [-0.2, 0) is 10.0 Å². The minimum Gasteiger partial charge on any atom is -0.494 e. The van der Waals surface area contributed by atoms with E-state index in [4.69, 9.17) is 4.74 Å². The zero-order chi connectivity index (χ0) is 20.9. The zero-order valence-electron chi connectivity index (χ0n) is 16.5. The van der Waals surface area contributed by atoms with Crippen molar-refractivity contribution in [2.75, 3.05) is 19.7 Å². The van der Waals surface area contributed by atoms with E-state index in [-0.39, 0.29) is 23.4 Å². The van der Waals surface area contributed by atoms with Crippen LogP contribution < -0.4 is 9.46 Å². The number of benzene rings is 2. The molecule has 6 nitrogen and oxygen atoms in total. The minimum absolute atomic E-state index is 0.0100. The molecule has 1 atom stereocenters. The first-order chi connectivity index (χ1) is 14.0. The first-order valence-corrected chi connectivity index (χ1v) is 11.2. The van der Waals surface area contributed by atoms with Gasteiger partial charge >= 0.3 is 0 Å². The fourth-order valence-electron chi connectivity index (χ4n) is 3.50. The minimum atomic E-state index is -3.60. The Morgan fingerprint density at radius 3 is 2.52 bits per heavy atom. The Hall–Kier alpha value is -2.64. The van der Waals surface area contributed by atoms with E-state index in [9.17, 15) is 13.2 Å². The van der Waals surface area contributed by atoms with E-state index in [2.05, 4.69) is 11.3 Å². The van der Waals surface area contributed by atoms with E-state index in [1.807, 2.05) is 36.1 Å². The Labute approximate surface area is 172 Å². The summed E-state index contributed by atoms with van der Waals surface area (Å²) in [5.41, 5.74) is 1.55. The molecule has 0 spiro atoms. The summed E-state index contributed by atoms with van der Waals surface area (Å²) in [7, 11) is -3.60. The van der Waals surface area contributed by atoms with Crippen LogP contribution >= 0.6 is 0 Å². The summed E-state index contributed by atoms with van der Waals surface area (Å²) in [6.45, 7) is 6.89. The van der Waals surface area contributed by atoms with E-state index in [1.165, 1.54) is 18.2 Å². The van der Waals surface area contributed by atoms with Gasteiger partial charge in [0.2, 0.25) is 10.0 Å². The van der Waals surface area contributed by atoms with Crippen LogP contribution in [0.1, 0.15) is 41.7 Å². The van der Waals surface area contributed by atoms with Crippen LogP contribution in [-0.4, -0.2) is 38.9 Å². The predicted octanol–water partition coefficient (Wildman–Crippen LogP) is 3.53. The molecule has 0 radical (unpaired) electrons. The Kier molecular flexibility index (Phi) is 6.71. The van der Waals surface area contributed by atoms with Crippen LogP contribution in [0.15, 0.2) is 66.1 Å². The van der Waals surface area contributed by atoms with Crippen molar-refractivity contribution in [3.05, 3.63) is 72.3 Å². The quantitative estimate of drug-likeness (QED) is 0.671. The van der Waals surface area contributed by atoms with Crippen molar-refractivity contribution in [3.63, 3.8) is 0 Å². The second-order valence-corrected chi connectivity index (χ2v) is 8.59. The lowest BCUT2D eigenvalue weighted by atomic mass is 10.0. The lowest BCUT2D eigenvalue weighted by Crippen LogP contribution is -2.30. The Morgan fingerprint density at radius 1 is 1.21 bits per heavy atom. The number of rotatable bonds is 8. The number of ether oxygens (including phenoxy) is 1. The third kappa shape index (κ3) is 4.86. The predicted molar refractivity (Wildman–Crippen MR) is 112 cm³/mol. The second-order valence-electron chi connectivity index (χ2n) is 6.82. The maximum atomic E-state index is 13.1. The highest BCUT2D eigenvalue weighted by molar-refractivity contribution is 7.89. The molecule has 7 heteroatoms. The van der Waals surface area contributed by atoms with Crippen LogP contribution in [0.25, 0.3) is 0 Å². The average molecular weight is 415 g/mol. The van der Waals surface area contributed by atoms with Gasteiger partial charge in [-0.15, -0.1) is 6.58 Å². The van der Waals surface area contributed by atoms with Gasteiger partial charge in [-0.3, -0.25) is 4.79 Å². The number of carbonyl (C=O) groups is 1. The molecule has 0 aromatic heterocycles. The van der Waals surface area contributed by atoms with Gasteiger partial charge in [0.25, 0.3) is 5.91 Å². The molecule has 0 saturated carbocycles. The molecule has 1 N–H and O–H groups in total. The lowest BCUT2D eigenvalue weighted by Gasteiger charge is -2.25. The third-order valence-corrected chi connectivity index (χ3v) is 6.36. The van der Waals surface area contributed by atoms with Crippen LogP contribution in [0.4, 0.5) is 0 Å². The normalized spacial score (nSPS) is 16.6. The number of nitrogens with zero attached hydrogens (tertiary/aromatic N) is 1. The molecule has 1 fully saturated rings. The third-order valence-electron chi connectivity index (χ3n) is 4.92. The zero-order valence-corrected chi connectivity index (χ0v) is 17.3. The van der Waals surface area contributed by atoms with Crippen LogP contribution in [0.2, 0.25) is 0 Å². The van der Waals surface area contributed by atoms with E-state index in [0.29, 0.717) is 18.7 Å². The number of carbonyl (C=O) groups excluding carboxylic acids is 1. The number of hydrogen-bond donors (Lipinski definition) is 1. The van der Waals surface area contributed by atoms with Crippen molar-refractivity contribution in [2.24, 2.45) is 0 Å². The van der Waals surface area contributed by atoms with Gasteiger partial charge in [-0.1, -0.05) is 18.2 Å². The molecular formula is C22H26N2O4S. The first kappa shape index (κ1) is 21.1. The number of sulfonamides is 1. The first-order valence-electron chi connectivity index (χ1n) is 9.70. The largest absolute Gasteiger partial charge is 0.494 e. The van der Waals surface area contributed by atoms with Gasteiger partial charge in [0.05, 0.1) is 17.5 Å². The maximum absolute atomic E-state index is 13.1. The van der Waals surface area contributed by atoms with Gasteiger partial charge in [0, 0.05) is 18.7 Å². The molecule has 2 aromatic rings. The standard InChI is InChI=1S/C22H26N2O4S/c1-3-15-23-29(26,27)20-13-9-18(10-14-20)22(25)24-16-5-6-21(24)17-7-11-19(12-8-17)28-4-2/h3,7-14,21,23H,1,4-6,15-16H2,2H3. The highest BCUT2D eigenvalue weighted by Gasteiger charge is 2.30. The molecule has 1 aliphatic rings. The number of hydrogen-bond acceptors (Lipinski definition) is 4. The SMILES string of the molecule is C=CCNS(=O)(=O)c1ccc(C(=O)N2CCCC2c2ccc(OCC)cc2)cc1. The van der Waals surface area contributed by atoms with Crippen molar-refractivity contribution in [1.82, 2.24) is 9.62 Å². The molecule has 1 aliphatic heterocycles. The molecule has 29 heavy (non-hydrogen) atoms. The molecule has 2 aromatic carbocycles. The molecule has 1 amide bonds. The van der Waals surface area contributed by atoms with Gasteiger partial charge in [0.15, 0.2) is 0 Å². The van der Waals surface area contributed by atoms with Crippen molar-refractivity contribution in [1.29, 1.82) is 0 Å².